The van der Waals surface area contributed by atoms with Crippen molar-refractivity contribution in [1.82, 2.24) is 0 Å². The second-order valence-corrected chi connectivity index (χ2v) is 16.0. The van der Waals surface area contributed by atoms with Crippen molar-refractivity contribution >= 4 is 33.6 Å². The zero-order valence-corrected chi connectivity index (χ0v) is 30.6. The second-order valence-electron chi connectivity index (χ2n) is 11.8. The molecule has 262 valence electrons. The van der Waals surface area contributed by atoms with Crippen LogP contribution in [0.2, 0.25) is 0 Å². The zero-order chi connectivity index (χ0) is 34.9. The van der Waals surface area contributed by atoms with Crippen molar-refractivity contribution < 1.29 is 26.8 Å². The number of hydrogen-bond donors (Lipinski definition) is 0. The minimum Gasteiger partial charge on any atom is -0.374 e. The Morgan fingerprint density at radius 3 is 1.26 bits per heavy atom. The Morgan fingerprint density at radius 2 is 0.860 bits per heavy atom. The molecule has 0 aliphatic heterocycles. The van der Waals surface area contributed by atoms with E-state index in [2.05, 4.69) is 24.3 Å². The smallest absolute Gasteiger partial charge is 0.264 e. The maximum atomic E-state index is 12.9. The van der Waals surface area contributed by atoms with Crippen molar-refractivity contribution in [1.29, 1.82) is 0 Å². The first-order valence-corrected chi connectivity index (χ1v) is 20.5. The molecular formula is C41H44O6S3. The third-order valence-electron chi connectivity index (χ3n) is 7.74. The topological polar surface area (TPSA) is 71.1 Å². The molecule has 0 N–H and O–H groups in total. The van der Waals surface area contributed by atoms with Gasteiger partial charge in [-0.25, -0.2) is 0 Å². The molecule has 9 heteroatoms. The maximum Gasteiger partial charge on any atom is 0.264 e. The van der Waals surface area contributed by atoms with E-state index < -0.39 is 28.4 Å². The Bertz CT molecular complexity index is 1700. The molecule has 0 fully saturated rings. The first kappa shape index (κ1) is 37.8. The van der Waals surface area contributed by atoms with Gasteiger partial charge in [0.05, 0.1) is 37.3 Å². The molecule has 0 saturated heterocycles. The van der Waals surface area contributed by atoms with Gasteiger partial charge in [0.1, 0.15) is 18.3 Å². The lowest BCUT2D eigenvalue weighted by Gasteiger charge is -2.37. The van der Waals surface area contributed by atoms with Gasteiger partial charge >= 0.3 is 0 Å². The van der Waals surface area contributed by atoms with Crippen LogP contribution in [0.5, 0.6) is 0 Å². The van der Waals surface area contributed by atoms with Gasteiger partial charge in [0.2, 0.25) is 0 Å². The molecule has 6 nitrogen and oxygen atoms in total. The van der Waals surface area contributed by atoms with E-state index in [-0.39, 0.29) is 17.8 Å². The van der Waals surface area contributed by atoms with Crippen LogP contribution in [0.1, 0.15) is 27.8 Å². The molecule has 0 aromatic heterocycles. The molecule has 0 unspecified atom stereocenters. The summed E-state index contributed by atoms with van der Waals surface area (Å²) in [5.41, 5.74) is 5.29. The summed E-state index contributed by atoms with van der Waals surface area (Å²) in [6.07, 6.45) is -1.35. The summed E-state index contributed by atoms with van der Waals surface area (Å²) in [5, 5.41) is 0. The lowest BCUT2D eigenvalue weighted by atomic mass is 10.1. The van der Waals surface area contributed by atoms with Crippen molar-refractivity contribution in [3.63, 3.8) is 0 Å². The third kappa shape index (κ3) is 13.4. The molecule has 5 rings (SSSR count). The SMILES string of the molecule is CS(=O)(=O)O[C@H](COCc1ccccc1)[C@H](OCc1ccccc1)[C@@H](OCc1ccccc1)C(SCc1ccccc1)SCc1ccccc1. The number of hydrogen-bond acceptors (Lipinski definition) is 8. The second kappa shape index (κ2) is 20.4. The van der Waals surface area contributed by atoms with Crippen LogP contribution in [0.3, 0.4) is 0 Å². The van der Waals surface area contributed by atoms with Crippen molar-refractivity contribution in [3.05, 3.63) is 179 Å². The molecule has 0 aliphatic rings. The Kier molecular flexibility index (Phi) is 15.5. The van der Waals surface area contributed by atoms with Gasteiger partial charge in [-0.2, -0.15) is 8.42 Å². The highest BCUT2D eigenvalue weighted by Gasteiger charge is 2.40. The van der Waals surface area contributed by atoms with Crippen molar-refractivity contribution in [2.75, 3.05) is 12.9 Å². The van der Waals surface area contributed by atoms with Crippen LogP contribution in [-0.2, 0) is 59.8 Å². The first-order chi connectivity index (χ1) is 24.4. The van der Waals surface area contributed by atoms with Gasteiger partial charge in [-0.05, 0) is 27.8 Å². The van der Waals surface area contributed by atoms with Crippen molar-refractivity contribution in [2.24, 2.45) is 0 Å². The van der Waals surface area contributed by atoms with E-state index in [9.17, 15) is 8.42 Å². The molecule has 0 spiro atoms. The van der Waals surface area contributed by atoms with Crippen LogP contribution in [0.4, 0.5) is 0 Å². The fourth-order valence-electron chi connectivity index (χ4n) is 5.29. The summed E-state index contributed by atoms with van der Waals surface area (Å²) < 4.78 is 51.2. The Hall–Kier alpha value is -3.41. The minimum atomic E-state index is -3.91. The summed E-state index contributed by atoms with van der Waals surface area (Å²) in [5.74, 6) is 1.46. The molecule has 0 amide bonds. The fraction of sp³-hybridized carbons (Fsp3) is 0.268. The summed E-state index contributed by atoms with van der Waals surface area (Å²) in [7, 11) is -3.91. The van der Waals surface area contributed by atoms with Crippen LogP contribution < -0.4 is 0 Å². The standard InChI is InChI=1S/C41H44O6S3/c1-50(42,43)47-38(30-44-27-33-17-7-2-8-18-33)39(45-28-34-19-9-3-10-20-34)40(46-29-35-21-11-4-12-22-35)41(48-31-36-23-13-5-14-24-36)49-32-37-25-15-6-16-26-37/h2-26,38-41H,27-32H2,1H3/t38-,39+,40-/m1/s1. The predicted molar refractivity (Wildman–Crippen MR) is 205 cm³/mol. The van der Waals surface area contributed by atoms with E-state index in [0.29, 0.717) is 13.2 Å². The Balaban J connectivity index is 1.51. The zero-order valence-electron chi connectivity index (χ0n) is 28.2. The van der Waals surface area contributed by atoms with Gasteiger partial charge < -0.3 is 14.2 Å². The van der Waals surface area contributed by atoms with Gasteiger partial charge in [-0.3, -0.25) is 4.18 Å². The molecule has 50 heavy (non-hydrogen) atoms. The molecule has 5 aromatic rings. The lowest BCUT2D eigenvalue weighted by Crippen LogP contribution is -2.49. The van der Waals surface area contributed by atoms with Gasteiger partial charge in [-0.15, -0.1) is 23.5 Å². The van der Waals surface area contributed by atoms with Crippen LogP contribution in [-0.4, -0.2) is 44.2 Å². The van der Waals surface area contributed by atoms with Gasteiger partial charge in [0.15, 0.2) is 0 Å². The summed E-state index contributed by atoms with van der Waals surface area (Å²) >= 11 is 3.51. The third-order valence-corrected chi connectivity index (χ3v) is 11.3. The fourth-order valence-corrected chi connectivity index (χ4v) is 8.64. The minimum absolute atomic E-state index is 0.0218. The molecule has 0 heterocycles. The number of benzene rings is 5. The van der Waals surface area contributed by atoms with Gasteiger partial charge in [0, 0.05) is 11.5 Å². The maximum absolute atomic E-state index is 12.9. The van der Waals surface area contributed by atoms with Crippen LogP contribution in [0, 0.1) is 0 Å². The van der Waals surface area contributed by atoms with Gasteiger partial charge in [0.25, 0.3) is 10.1 Å². The van der Waals surface area contributed by atoms with Crippen LogP contribution in [0.15, 0.2) is 152 Å². The summed E-state index contributed by atoms with van der Waals surface area (Å²) in [4.78, 5) is 0. The quantitative estimate of drug-likeness (QED) is 0.0548. The first-order valence-electron chi connectivity index (χ1n) is 16.5. The molecular weight excluding hydrogens is 685 g/mol. The number of ether oxygens (including phenoxy) is 3. The normalized spacial score (nSPS) is 13.6. The van der Waals surface area contributed by atoms with Crippen molar-refractivity contribution in [3.8, 4) is 0 Å². The van der Waals surface area contributed by atoms with Gasteiger partial charge in [-0.1, -0.05) is 152 Å². The van der Waals surface area contributed by atoms with E-state index in [1.54, 1.807) is 23.5 Å². The van der Waals surface area contributed by atoms with E-state index in [1.165, 1.54) is 11.1 Å². The van der Waals surface area contributed by atoms with E-state index >= 15 is 0 Å². The molecule has 5 aromatic carbocycles. The van der Waals surface area contributed by atoms with Crippen molar-refractivity contribution in [2.45, 2.75) is 54.2 Å². The van der Waals surface area contributed by atoms with Crippen LogP contribution >= 0.6 is 23.5 Å². The Morgan fingerprint density at radius 1 is 0.500 bits per heavy atom. The Labute approximate surface area is 305 Å². The molecule has 0 radical (unpaired) electrons. The average Bonchev–Trinajstić information content (AvgIpc) is 3.14. The molecule has 0 saturated carbocycles. The molecule has 0 bridgehead atoms. The summed E-state index contributed by atoms with van der Waals surface area (Å²) in [6.45, 7) is 0.812. The lowest BCUT2D eigenvalue weighted by molar-refractivity contribution is -0.134. The summed E-state index contributed by atoms with van der Waals surface area (Å²) in [6, 6.07) is 50.2. The van der Waals surface area contributed by atoms with E-state index in [4.69, 9.17) is 18.4 Å². The predicted octanol–water partition coefficient (Wildman–Crippen LogP) is 8.91. The molecule has 0 aliphatic carbocycles. The molecule has 3 atom stereocenters. The highest BCUT2D eigenvalue weighted by atomic mass is 32.2. The largest absolute Gasteiger partial charge is 0.374 e. The highest BCUT2D eigenvalue weighted by Crippen LogP contribution is 2.37. The highest BCUT2D eigenvalue weighted by molar-refractivity contribution is 8.16. The van der Waals surface area contributed by atoms with E-state index in [1.807, 2.05) is 127 Å². The monoisotopic (exact) mass is 728 g/mol. The number of rotatable bonds is 21. The van der Waals surface area contributed by atoms with Crippen LogP contribution in [0.25, 0.3) is 0 Å². The average molecular weight is 729 g/mol. The van der Waals surface area contributed by atoms with E-state index in [0.717, 1.165) is 34.5 Å². The number of thioether (sulfide) groups is 2.